The molecule has 0 aliphatic carbocycles. The summed E-state index contributed by atoms with van der Waals surface area (Å²) in [5, 5.41) is 29.6. The summed E-state index contributed by atoms with van der Waals surface area (Å²) in [6.45, 7) is 15.0. The number of aliphatic imine (C=N–C) groups is 1. The van der Waals surface area contributed by atoms with Gasteiger partial charge in [0.2, 0.25) is 29.7 Å². The van der Waals surface area contributed by atoms with Crippen LogP contribution in [0.4, 0.5) is 17.8 Å². The smallest absolute Gasteiger partial charge is 0.303 e. The number of carboxylic acids is 1. The number of amides is 2. The van der Waals surface area contributed by atoms with Gasteiger partial charge >= 0.3 is 5.97 Å². The number of hydrogen-bond acceptors (Lipinski definition) is 17. The van der Waals surface area contributed by atoms with Crippen LogP contribution in [0.25, 0.3) is 0 Å². The van der Waals surface area contributed by atoms with E-state index in [9.17, 15) is 14.4 Å². The number of nitrogens with one attached hydrogen (secondary N) is 1. The number of rotatable bonds is 28. The summed E-state index contributed by atoms with van der Waals surface area (Å²) in [7, 11) is 0. The zero-order valence-corrected chi connectivity index (χ0v) is 40.6. The van der Waals surface area contributed by atoms with Crippen molar-refractivity contribution in [3.8, 4) is 12.3 Å². The van der Waals surface area contributed by atoms with Crippen molar-refractivity contribution in [3.05, 3.63) is 23.8 Å². The molecule has 2 aliphatic rings. The Balaban J connectivity index is 0.0000101. The summed E-state index contributed by atoms with van der Waals surface area (Å²) in [6, 6.07) is -1.10. The molecular formula is C43H70ClN17O7. The molecule has 0 aromatic carbocycles. The first kappa shape index (κ1) is 54.7. The largest absolute Gasteiger partial charge is 0.481 e. The molecule has 2 amide bonds. The summed E-state index contributed by atoms with van der Waals surface area (Å²) in [5.41, 5.74) is 12.2. The molecule has 0 bridgehead atoms. The Kier molecular flexibility index (Phi) is 22.9. The van der Waals surface area contributed by atoms with E-state index in [1.807, 2.05) is 34.7 Å². The average Bonchev–Trinajstić information content (AvgIpc) is 4.01. The number of carbonyl (C=O) groups is 3. The Bertz CT molecular complexity index is 2080. The van der Waals surface area contributed by atoms with Crippen LogP contribution >= 0.6 is 12.4 Å². The molecule has 5 heterocycles. The van der Waals surface area contributed by atoms with Gasteiger partial charge in [0, 0.05) is 84.3 Å². The minimum atomic E-state index is -0.921. The van der Waals surface area contributed by atoms with Crippen molar-refractivity contribution in [1.29, 1.82) is 0 Å². The van der Waals surface area contributed by atoms with Crippen molar-refractivity contribution in [3.63, 3.8) is 0 Å². The second-order valence-corrected chi connectivity index (χ2v) is 16.6. The quantitative estimate of drug-likeness (QED) is 0.0337. The molecular weight excluding hydrogens is 902 g/mol. The molecule has 0 saturated carbocycles. The number of nitrogens with zero attached hydrogens (tertiary/aromatic N) is 14. The molecule has 25 heteroatoms. The first-order valence-corrected chi connectivity index (χ1v) is 23.2. The number of halogens is 1. The molecule has 2 fully saturated rings. The summed E-state index contributed by atoms with van der Waals surface area (Å²) in [6.07, 6.45) is 11.7. The third-order valence-corrected chi connectivity index (χ3v) is 11.9. The van der Waals surface area contributed by atoms with Gasteiger partial charge in [0.05, 0.1) is 50.8 Å². The van der Waals surface area contributed by atoms with E-state index >= 15 is 0 Å². The molecule has 24 nitrogen and oxygen atoms in total. The molecule has 2 aliphatic heterocycles. The lowest BCUT2D eigenvalue weighted by Crippen LogP contribution is -2.52. The Labute approximate surface area is 404 Å². The van der Waals surface area contributed by atoms with E-state index in [4.69, 9.17) is 52.2 Å². The highest BCUT2D eigenvalue weighted by Crippen LogP contribution is 2.27. The molecule has 68 heavy (non-hydrogen) atoms. The van der Waals surface area contributed by atoms with Crippen LogP contribution in [0.3, 0.4) is 0 Å². The summed E-state index contributed by atoms with van der Waals surface area (Å²) in [4.78, 5) is 65.9. The molecule has 0 radical (unpaired) electrons. The van der Waals surface area contributed by atoms with Crippen molar-refractivity contribution in [1.82, 2.24) is 54.7 Å². The average molecular weight is 973 g/mol. The van der Waals surface area contributed by atoms with Crippen LogP contribution in [0.1, 0.15) is 76.8 Å². The minimum absolute atomic E-state index is 0. The van der Waals surface area contributed by atoms with E-state index in [0.717, 1.165) is 18.5 Å². The fraction of sp³-hybridized carbons (Fsp3) is 0.698. The van der Waals surface area contributed by atoms with Gasteiger partial charge in [-0.1, -0.05) is 56.9 Å². The Hall–Kier alpha value is -5.90. The van der Waals surface area contributed by atoms with Gasteiger partial charge in [0.25, 0.3) is 0 Å². The molecule has 2 saturated heterocycles. The molecule has 0 spiro atoms. The van der Waals surface area contributed by atoms with Crippen LogP contribution < -0.4 is 26.6 Å². The van der Waals surface area contributed by atoms with Crippen LogP contribution in [0.2, 0.25) is 0 Å². The molecule has 3 aromatic heterocycles. The van der Waals surface area contributed by atoms with Crippen molar-refractivity contribution in [2.45, 2.75) is 78.3 Å². The number of ether oxygens (including phenoxy) is 3. The summed E-state index contributed by atoms with van der Waals surface area (Å²) >= 11 is 0. The number of terminal acetylenes is 1. The molecule has 4 atom stereocenters. The lowest BCUT2D eigenvalue weighted by atomic mass is 9.97. The van der Waals surface area contributed by atoms with Gasteiger partial charge < -0.3 is 55.7 Å². The molecule has 0 unspecified atom stereocenters. The van der Waals surface area contributed by atoms with Crippen LogP contribution in [0.5, 0.6) is 0 Å². The van der Waals surface area contributed by atoms with E-state index in [0.29, 0.717) is 135 Å². The number of piperazine rings is 2. The lowest BCUT2D eigenvalue weighted by molar-refractivity contribution is -0.138. The van der Waals surface area contributed by atoms with Gasteiger partial charge in [-0.15, -0.1) is 29.0 Å². The standard InChI is InChI=1S/C43H69N17O7.ClH/c1-6-23-65-25-27-67-28-26-66-24-14-47-41-48-42(57-19-15-55(16-20-57)38(63)36(31(4)7-2)59-29-33(51-53-59)10-9-13-46-40(44)45)50-43(49-41)58-21-17-56(18-22-58)39(64)37(32(5)8-3)60-30-34(52-54-60)11-12-35(61)62;/h1,29-32,36-37H,7-28H2,2-5H3,(H,61,62)(H4,44,45,46)(H,47,48,49,50);1H/t31-,32-,36-,37-;/m0./s1. The maximum Gasteiger partial charge on any atom is 0.303 e. The third kappa shape index (κ3) is 16.4. The maximum absolute atomic E-state index is 14.2. The Morgan fingerprint density at radius 3 is 1.72 bits per heavy atom. The fourth-order valence-electron chi connectivity index (χ4n) is 7.66. The zero-order valence-electron chi connectivity index (χ0n) is 39.8. The predicted molar refractivity (Wildman–Crippen MR) is 256 cm³/mol. The highest BCUT2D eigenvalue weighted by molar-refractivity contribution is 5.85. The number of nitrogens with two attached hydrogens (primary N) is 2. The van der Waals surface area contributed by atoms with Gasteiger partial charge in [0.15, 0.2) is 5.96 Å². The number of aryl methyl sites for hydroxylation is 2. The van der Waals surface area contributed by atoms with E-state index in [1.165, 1.54) is 0 Å². The molecule has 5 rings (SSSR count). The number of carbonyl (C=O) groups excluding carboxylic acids is 2. The number of aliphatic carboxylic acids is 1. The fourth-order valence-corrected chi connectivity index (χ4v) is 7.66. The van der Waals surface area contributed by atoms with E-state index < -0.39 is 18.1 Å². The summed E-state index contributed by atoms with van der Waals surface area (Å²) in [5.74, 6) is 2.75. The normalized spacial score (nSPS) is 15.8. The van der Waals surface area contributed by atoms with E-state index in [1.54, 1.807) is 15.6 Å². The SMILES string of the molecule is C#CCOCCOCCOCCNc1nc(N2CCN(C(=O)[C@H]([C@@H](C)CC)n3cc(CCCN=C(N)N)nn3)CC2)nc(N2CCN(C(=O)[C@H]([C@@H](C)CC)n3cc(CCC(=O)O)nn3)CC2)n1.Cl. The number of aromatic nitrogens is 9. The van der Waals surface area contributed by atoms with Crippen LogP contribution in [-0.2, 0) is 41.4 Å². The second kappa shape index (κ2) is 28.4. The van der Waals surface area contributed by atoms with E-state index in [2.05, 4.69) is 55.6 Å². The third-order valence-electron chi connectivity index (χ3n) is 11.9. The monoisotopic (exact) mass is 972 g/mol. The topological polar surface area (TPSA) is 289 Å². The molecule has 6 N–H and O–H groups in total. The first-order valence-electron chi connectivity index (χ1n) is 23.2. The summed E-state index contributed by atoms with van der Waals surface area (Å²) < 4.78 is 19.8. The number of anilines is 3. The predicted octanol–water partition coefficient (Wildman–Crippen LogP) is 0.667. The van der Waals surface area contributed by atoms with Gasteiger partial charge in [-0.2, -0.15) is 15.0 Å². The Morgan fingerprint density at radius 1 is 0.765 bits per heavy atom. The van der Waals surface area contributed by atoms with Crippen LogP contribution in [0.15, 0.2) is 17.4 Å². The molecule has 376 valence electrons. The number of guanidine groups is 1. The first-order chi connectivity index (χ1) is 32.4. The highest BCUT2D eigenvalue weighted by atomic mass is 35.5. The Morgan fingerprint density at radius 2 is 1.25 bits per heavy atom. The van der Waals surface area contributed by atoms with Gasteiger partial charge in [-0.25, -0.2) is 9.36 Å². The van der Waals surface area contributed by atoms with Crippen molar-refractivity contribution in [2.75, 3.05) is 120 Å². The van der Waals surface area contributed by atoms with Gasteiger partial charge in [-0.05, 0) is 24.7 Å². The van der Waals surface area contributed by atoms with Crippen molar-refractivity contribution < 1.29 is 33.7 Å². The number of hydrogen-bond donors (Lipinski definition) is 4. The van der Waals surface area contributed by atoms with Crippen LogP contribution in [0, 0.1) is 24.2 Å². The van der Waals surface area contributed by atoms with Crippen LogP contribution in [-0.4, -0.2) is 189 Å². The lowest BCUT2D eigenvalue weighted by Gasteiger charge is -2.38. The highest BCUT2D eigenvalue weighted by Gasteiger charge is 2.36. The second-order valence-electron chi connectivity index (χ2n) is 16.6. The zero-order chi connectivity index (χ0) is 48.1. The minimum Gasteiger partial charge on any atom is -0.481 e. The van der Waals surface area contributed by atoms with E-state index in [-0.39, 0.29) is 61.5 Å². The van der Waals surface area contributed by atoms with Gasteiger partial charge in [0.1, 0.15) is 18.7 Å². The maximum atomic E-state index is 14.2. The number of carboxylic acid groups (broad SMARTS) is 1. The van der Waals surface area contributed by atoms with Crippen molar-refractivity contribution >= 4 is 54.0 Å². The van der Waals surface area contributed by atoms with Crippen molar-refractivity contribution in [2.24, 2.45) is 28.3 Å². The van der Waals surface area contributed by atoms with Gasteiger partial charge in [-0.3, -0.25) is 19.4 Å². The molecule has 3 aromatic rings.